The summed E-state index contributed by atoms with van der Waals surface area (Å²) in [6.45, 7) is 2.20. The van der Waals surface area contributed by atoms with Gasteiger partial charge in [0.25, 0.3) is 5.91 Å². The lowest BCUT2D eigenvalue weighted by Gasteiger charge is -2.32. The van der Waals surface area contributed by atoms with Crippen LogP contribution >= 0.6 is 0 Å². The van der Waals surface area contributed by atoms with Crippen LogP contribution in [0.3, 0.4) is 0 Å². The van der Waals surface area contributed by atoms with E-state index >= 15 is 0 Å². The summed E-state index contributed by atoms with van der Waals surface area (Å²) in [6.07, 6.45) is 1.35. The summed E-state index contributed by atoms with van der Waals surface area (Å²) < 4.78 is 5.44. The summed E-state index contributed by atoms with van der Waals surface area (Å²) in [4.78, 5) is 36.8. The number of amides is 2. The van der Waals surface area contributed by atoms with Gasteiger partial charge in [0.1, 0.15) is 11.8 Å². The molecule has 0 spiro atoms. The highest BCUT2D eigenvalue weighted by atomic mass is 16.5. The molecule has 24 heavy (non-hydrogen) atoms. The Kier molecular flexibility index (Phi) is 6.17. The predicted molar refractivity (Wildman–Crippen MR) is 86.5 cm³/mol. The zero-order valence-corrected chi connectivity index (χ0v) is 13.6. The molecule has 7 heteroatoms. The highest BCUT2D eigenvalue weighted by Gasteiger charge is 2.29. The number of likely N-dealkylation sites (tertiary alicyclic amines) is 1. The molecule has 1 aromatic rings. The number of para-hydroxylation sites is 1. The Morgan fingerprint density at radius 2 is 2.04 bits per heavy atom. The number of benzene rings is 1. The molecule has 0 aliphatic carbocycles. The maximum atomic E-state index is 12.2. The van der Waals surface area contributed by atoms with Crippen molar-refractivity contribution >= 4 is 17.8 Å². The van der Waals surface area contributed by atoms with Gasteiger partial charge in [0.2, 0.25) is 5.91 Å². The zero-order chi connectivity index (χ0) is 17.5. The minimum atomic E-state index is -1.08. The molecule has 1 aliphatic heterocycles. The molecule has 1 fully saturated rings. The van der Waals surface area contributed by atoms with Gasteiger partial charge < -0.3 is 20.1 Å². The second-order valence-corrected chi connectivity index (χ2v) is 5.85. The number of piperidine rings is 1. The molecular weight excluding hydrogens is 312 g/mol. The lowest BCUT2D eigenvalue weighted by molar-refractivity contribution is -0.143. The number of hydrogen-bond donors (Lipinski definition) is 2. The molecule has 130 valence electrons. The van der Waals surface area contributed by atoms with E-state index in [-0.39, 0.29) is 30.9 Å². The van der Waals surface area contributed by atoms with Crippen molar-refractivity contribution in [3.05, 3.63) is 30.3 Å². The van der Waals surface area contributed by atoms with Gasteiger partial charge in [0.15, 0.2) is 6.61 Å². The normalized spacial score (nSPS) is 18.5. The maximum Gasteiger partial charge on any atom is 0.325 e. The monoisotopic (exact) mass is 334 g/mol. The fourth-order valence-electron chi connectivity index (χ4n) is 2.56. The number of hydrogen-bond acceptors (Lipinski definition) is 4. The van der Waals surface area contributed by atoms with Crippen LogP contribution in [0.5, 0.6) is 5.75 Å². The van der Waals surface area contributed by atoms with E-state index in [9.17, 15) is 14.4 Å². The van der Waals surface area contributed by atoms with E-state index in [0.717, 1.165) is 0 Å². The van der Waals surface area contributed by atoms with Crippen LogP contribution in [-0.4, -0.2) is 53.5 Å². The molecule has 2 atom stereocenters. The number of nitrogens with one attached hydrogen (secondary N) is 1. The summed E-state index contributed by atoms with van der Waals surface area (Å²) in [7, 11) is 0. The van der Waals surface area contributed by atoms with E-state index in [1.807, 2.05) is 18.2 Å². The highest BCUT2D eigenvalue weighted by molar-refractivity contribution is 5.85. The number of aliphatic carboxylic acids is 1. The number of rotatable bonds is 6. The number of carbonyl (C=O) groups excluding carboxylic acids is 2. The minimum Gasteiger partial charge on any atom is -0.484 e. The van der Waals surface area contributed by atoms with E-state index in [1.54, 1.807) is 17.0 Å². The van der Waals surface area contributed by atoms with Crippen LogP contribution in [0.4, 0.5) is 0 Å². The van der Waals surface area contributed by atoms with E-state index in [4.69, 9.17) is 9.84 Å². The quantitative estimate of drug-likeness (QED) is 0.805. The lowest BCUT2D eigenvalue weighted by Crippen LogP contribution is -2.49. The van der Waals surface area contributed by atoms with E-state index < -0.39 is 12.0 Å². The number of carboxylic acid groups (broad SMARTS) is 1. The molecule has 2 rings (SSSR count). The van der Waals surface area contributed by atoms with E-state index in [2.05, 4.69) is 5.32 Å². The van der Waals surface area contributed by atoms with Crippen LogP contribution in [0.1, 0.15) is 19.8 Å². The summed E-state index contributed by atoms with van der Waals surface area (Å²) >= 11 is 0. The first kappa shape index (κ1) is 17.8. The van der Waals surface area contributed by atoms with Gasteiger partial charge in [0, 0.05) is 13.1 Å². The molecule has 0 radical (unpaired) electrons. The van der Waals surface area contributed by atoms with Crippen molar-refractivity contribution in [1.29, 1.82) is 0 Å². The molecule has 2 amide bonds. The Bertz CT molecular complexity index is 590. The van der Waals surface area contributed by atoms with E-state index in [1.165, 1.54) is 6.92 Å². The van der Waals surface area contributed by atoms with Crippen LogP contribution in [0.15, 0.2) is 30.3 Å². The van der Waals surface area contributed by atoms with Gasteiger partial charge >= 0.3 is 5.97 Å². The van der Waals surface area contributed by atoms with Gasteiger partial charge in [-0.3, -0.25) is 14.4 Å². The fraction of sp³-hybridized carbons (Fsp3) is 0.471. The Morgan fingerprint density at radius 1 is 1.33 bits per heavy atom. The van der Waals surface area contributed by atoms with Gasteiger partial charge in [-0.15, -0.1) is 0 Å². The molecule has 2 N–H and O–H groups in total. The van der Waals surface area contributed by atoms with E-state index in [0.29, 0.717) is 25.1 Å². The Morgan fingerprint density at radius 3 is 2.71 bits per heavy atom. The van der Waals surface area contributed by atoms with Crippen molar-refractivity contribution in [2.75, 3.05) is 19.7 Å². The molecule has 0 bridgehead atoms. The average Bonchev–Trinajstić information content (AvgIpc) is 2.60. The van der Waals surface area contributed by atoms with Crippen molar-refractivity contribution in [1.82, 2.24) is 10.2 Å². The Balaban J connectivity index is 1.84. The van der Waals surface area contributed by atoms with Crippen molar-refractivity contribution in [3.8, 4) is 5.75 Å². The largest absolute Gasteiger partial charge is 0.484 e. The van der Waals surface area contributed by atoms with Crippen LogP contribution in [0.25, 0.3) is 0 Å². The second kappa shape index (κ2) is 8.33. The molecule has 2 unspecified atom stereocenters. The lowest BCUT2D eigenvalue weighted by atomic mass is 9.96. The van der Waals surface area contributed by atoms with Crippen LogP contribution in [0, 0.1) is 5.92 Å². The van der Waals surface area contributed by atoms with Crippen LogP contribution in [-0.2, 0) is 14.4 Å². The second-order valence-electron chi connectivity index (χ2n) is 5.85. The first-order valence-corrected chi connectivity index (χ1v) is 7.96. The molecule has 7 nitrogen and oxygen atoms in total. The first-order chi connectivity index (χ1) is 11.5. The highest BCUT2D eigenvalue weighted by Crippen LogP contribution is 2.17. The topological polar surface area (TPSA) is 95.9 Å². The standard InChI is InChI=1S/C17H22N2O5/c1-12(17(22)23)18-16(21)13-6-5-9-19(10-13)15(20)11-24-14-7-3-2-4-8-14/h2-4,7-8,12-13H,5-6,9-11H2,1H3,(H,18,21)(H,22,23). The van der Waals surface area contributed by atoms with Gasteiger partial charge in [-0.1, -0.05) is 18.2 Å². The van der Waals surface area contributed by atoms with Crippen molar-refractivity contribution in [3.63, 3.8) is 0 Å². The molecule has 1 aliphatic rings. The zero-order valence-electron chi connectivity index (χ0n) is 13.6. The predicted octanol–water partition coefficient (Wildman–Crippen LogP) is 0.893. The number of ether oxygens (including phenoxy) is 1. The van der Waals surface area contributed by atoms with Crippen molar-refractivity contribution in [2.24, 2.45) is 5.92 Å². The SMILES string of the molecule is CC(NC(=O)C1CCCN(C(=O)COc2ccccc2)C1)C(=O)O. The first-order valence-electron chi connectivity index (χ1n) is 7.96. The van der Waals surface area contributed by atoms with Gasteiger partial charge in [-0.25, -0.2) is 0 Å². The Labute approximate surface area is 140 Å². The summed E-state index contributed by atoms with van der Waals surface area (Å²) in [6, 6.07) is 8.11. The molecular formula is C17H22N2O5. The average molecular weight is 334 g/mol. The molecule has 1 heterocycles. The minimum absolute atomic E-state index is 0.0795. The van der Waals surface area contributed by atoms with Gasteiger partial charge in [-0.05, 0) is 31.9 Å². The Hall–Kier alpha value is -2.57. The van der Waals surface area contributed by atoms with Gasteiger partial charge in [-0.2, -0.15) is 0 Å². The molecule has 1 aromatic carbocycles. The molecule has 1 saturated heterocycles. The number of carbonyl (C=O) groups is 3. The van der Waals surface area contributed by atoms with Gasteiger partial charge in [0.05, 0.1) is 5.92 Å². The third-order valence-electron chi connectivity index (χ3n) is 3.98. The summed E-state index contributed by atoms with van der Waals surface area (Å²) in [5.74, 6) is -1.36. The molecule has 0 saturated carbocycles. The number of carboxylic acids is 1. The maximum absolute atomic E-state index is 12.2. The number of nitrogens with zero attached hydrogens (tertiary/aromatic N) is 1. The third-order valence-corrected chi connectivity index (χ3v) is 3.98. The smallest absolute Gasteiger partial charge is 0.325 e. The summed E-state index contributed by atoms with van der Waals surface area (Å²) in [5, 5.41) is 11.3. The van der Waals surface area contributed by atoms with Crippen molar-refractivity contribution < 1.29 is 24.2 Å². The van der Waals surface area contributed by atoms with Crippen LogP contribution in [0.2, 0.25) is 0 Å². The van der Waals surface area contributed by atoms with Crippen molar-refractivity contribution in [2.45, 2.75) is 25.8 Å². The molecule has 0 aromatic heterocycles. The van der Waals surface area contributed by atoms with Crippen LogP contribution < -0.4 is 10.1 Å². The fourth-order valence-corrected chi connectivity index (χ4v) is 2.56. The summed E-state index contributed by atoms with van der Waals surface area (Å²) in [5.41, 5.74) is 0. The third kappa shape index (κ3) is 4.97.